The van der Waals surface area contributed by atoms with Crippen molar-refractivity contribution in [1.29, 1.82) is 0 Å². The van der Waals surface area contributed by atoms with Gasteiger partial charge in [-0.1, -0.05) is 35.3 Å². The van der Waals surface area contributed by atoms with Gasteiger partial charge in [0.05, 0.1) is 16.3 Å². The van der Waals surface area contributed by atoms with Gasteiger partial charge in [-0.25, -0.2) is 4.79 Å². The lowest BCUT2D eigenvalue weighted by Gasteiger charge is -2.05. The van der Waals surface area contributed by atoms with Gasteiger partial charge in [-0.2, -0.15) is 0 Å². The largest absolute Gasteiger partial charge is 0.423 e. The molecule has 5 heteroatoms. The molecular weight excluding hydrogens is 357 g/mol. The highest BCUT2D eigenvalue weighted by Crippen LogP contribution is 2.20. The lowest BCUT2D eigenvalue weighted by atomic mass is 10.2. The van der Waals surface area contributed by atoms with E-state index in [0.717, 1.165) is 11.3 Å². The second kappa shape index (κ2) is 7.97. The van der Waals surface area contributed by atoms with Crippen molar-refractivity contribution in [3.63, 3.8) is 0 Å². The molecule has 0 radical (unpaired) electrons. The molecule has 0 aliphatic rings. The summed E-state index contributed by atoms with van der Waals surface area (Å²) in [5.41, 5.74) is 2.02. The third-order valence-electron chi connectivity index (χ3n) is 3.37. The number of carbonyl (C=O) groups is 1. The Kier molecular flexibility index (Phi) is 5.49. The quantitative estimate of drug-likeness (QED) is 0.323. The average Bonchev–Trinajstić information content (AvgIpc) is 2.63. The van der Waals surface area contributed by atoms with Crippen molar-refractivity contribution in [2.45, 2.75) is 0 Å². The summed E-state index contributed by atoms with van der Waals surface area (Å²) in [5, 5.41) is 1.03. The van der Waals surface area contributed by atoms with Gasteiger partial charge in [0.1, 0.15) is 5.75 Å². The first-order valence-electron chi connectivity index (χ1n) is 7.48. The first kappa shape index (κ1) is 17.2. The number of carbonyl (C=O) groups excluding carboxylic acids is 1. The number of rotatable bonds is 4. The summed E-state index contributed by atoms with van der Waals surface area (Å²) < 4.78 is 5.33. The maximum Gasteiger partial charge on any atom is 0.345 e. The lowest BCUT2D eigenvalue weighted by molar-refractivity contribution is 0.0735. The molecule has 3 rings (SSSR count). The number of halogens is 2. The van der Waals surface area contributed by atoms with E-state index in [0.29, 0.717) is 21.4 Å². The summed E-state index contributed by atoms with van der Waals surface area (Å²) in [6.07, 6.45) is 1.73. The summed E-state index contributed by atoms with van der Waals surface area (Å²) in [6.45, 7) is 0. The summed E-state index contributed by atoms with van der Waals surface area (Å²) in [4.78, 5) is 16.5. The second-order valence-electron chi connectivity index (χ2n) is 5.17. The summed E-state index contributed by atoms with van der Waals surface area (Å²) in [6, 6.07) is 21.0. The molecule has 0 aromatic heterocycles. The van der Waals surface area contributed by atoms with Crippen molar-refractivity contribution >= 4 is 41.1 Å². The summed E-state index contributed by atoms with van der Waals surface area (Å²) in [5.74, 6) is -0.0539. The van der Waals surface area contributed by atoms with Gasteiger partial charge in [0, 0.05) is 11.2 Å². The molecule has 0 aliphatic carbocycles. The van der Waals surface area contributed by atoms with E-state index in [1.54, 1.807) is 54.7 Å². The Labute approximate surface area is 155 Å². The fourth-order valence-electron chi connectivity index (χ4n) is 2.09. The molecule has 124 valence electrons. The highest BCUT2D eigenvalue weighted by atomic mass is 35.5. The minimum atomic E-state index is -0.492. The van der Waals surface area contributed by atoms with E-state index in [1.165, 1.54) is 0 Å². The number of esters is 1. The molecule has 3 aromatic carbocycles. The molecule has 0 saturated carbocycles. The zero-order valence-electron chi connectivity index (χ0n) is 13.0. The molecule has 0 saturated heterocycles. The number of benzene rings is 3. The average molecular weight is 370 g/mol. The summed E-state index contributed by atoms with van der Waals surface area (Å²) >= 11 is 11.8. The molecule has 0 spiro atoms. The molecule has 3 aromatic rings. The third kappa shape index (κ3) is 4.69. The van der Waals surface area contributed by atoms with E-state index in [9.17, 15) is 4.79 Å². The predicted octanol–water partition coefficient (Wildman–Crippen LogP) is 5.96. The van der Waals surface area contributed by atoms with E-state index < -0.39 is 5.97 Å². The molecular formula is C20H13Cl2NO2. The van der Waals surface area contributed by atoms with Crippen LogP contribution >= 0.6 is 23.2 Å². The van der Waals surface area contributed by atoms with Crippen LogP contribution in [0.4, 0.5) is 5.69 Å². The number of ether oxygens (including phenoxy) is 1. The Bertz CT molecular complexity index is 904. The Morgan fingerprint density at radius 3 is 2.24 bits per heavy atom. The number of aliphatic imine (C=N–C) groups is 1. The van der Waals surface area contributed by atoms with Crippen LogP contribution in [0.5, 0.6) is 5.75 Å². The first-order chi connectivity index (χ1) is 12.1. The van der Waals surface area contributed by atoms with Crippen LogP contribution in [0.2, 0.25) is 10.0 Å². The second-order valence-corrected chi connectivity index (χ2v) is 6.02. The maximum absolute atomic E-state index is 12.1. The van der Waals surface area contributed by atoms with Crippen LogP contribution in [-0.2, 0) is 0 Å². The molecule has 0 bridgehead atoms. The maximum atomic E-state index is 12.1. The van der Waals surface area contributed by atoms with Gasteiger partial charge in [0.25, 0.3) is 0 Å². The van der Waals surface area contributed by atoms with Crippen LogP contribution < -0.4 is 4.74 Å². The van der Waals surface area contributed by atoms with E-state index >= 15 is 0 Å². The monoisotopic (exact) mass is 369 g/mol. The van der Waals surface area contributed by atoms with Crippen molar-refractivity contribution < 1.29 is 9.53 Å². The first-order valence-corrected chi connectivity index (χ1v) is 8.24. The highest BCUT2D eigenvalue weighted by Gasteiger charge is 2.11. The number of hydrogen-bond acceptors (Lipinski definition) is 3. The van der Waals surface area contributed by atoms with Crippen LogP contribution in [0.15, 0.2) is 77.8 Å². The van der Waals surface area contributed by atoms with Crippen LogP contribution in [0.25, 0.3) is 0 Å². The zero-order valence-corrected chi connectivity index (χ0v) is 14.5. The van der Waals surface area contributed by atoms with Crippen molar-refractivity contribution in [2.75, 3.05) is 0 Å². The molecule has 0 unspecified atom stereocenters. The van der Waals surface area contributed by atoms with Crippen molar-refractivity contribution in [3.05, 3.63) is 94.0 Å². The van der Waals surface area contributed by atoms with Crippen molar-refractivity contribution in [1.82, 2.24) is 0 Å². The van der Waals surface area contributed by atoms with E-state index in [4.69, 9.17) is 27.9 Å². The molecule has 0 atom stereocenters. The van der Waals surface area contributed by atoms with Gasteiger partial charge in [0.15, 0.2) is 0 Å². The van der Waals surface area contributed by atoms with Gasteiger partial charge < -0.3 is 4.74 Å². The van der Waals surface area contributed by atoms with Gasteiger partial charge in [-0.05, 0) is 66.2 Å². The molecule has 0 N–H and O–H groups in total. The Morgan fingerprint density at radius 2 is 1.56 bits per heavy atom. The minimum absolute atomic E-state index is 0.331. The topological polar surface area (TPSA) is 38.7 Å². The van der Waals surface area contributed by atoms with Crippen LogP contribution in [-0.4, -0.2) is 12.2 Å². The van der Waals surface area contributed by atoms with Crippen LogP contribution in [0, 0.1) is 0 Å². The fraction of sp³-hybridized carbons (Fsp3) is 0. The molecule has 0 amide bonds. The van der Waals surface area contributed by atoms with Crippen molar-refractivity contribution in [3.8, 4) is 5.75 Å². The smallest absolute Gasteiger partial charge is 0.345 e. The van der Waals surface area contributed by atoms with Gasteiger partial charge in [-0.3, -0.25) is 4.99 Å². The molecule has 0 fully saturated rings. The Morgan fingerprint density at radius 1 is 0.880 bits per heavy atom. The van der Waals surface area contributed by atoms with Crippen LogP contribution in [0.1, 0.15) is 15.9 Å². The van der Waals surface area contributed by atoms with E-state index in [-0.39, 0.29) is 0 Å². The van der Waals surface area contributed by atoms with Crippen LogP contribution in [0.3, 0.4) is 0 Å². The highest BCUT2D eigenvalue weighted by molar-refractivity contribution is 6.33. The molecule has 25 heavy (non-hydrogen) atoms. The number of hydrogen-bond donors (Lipinski definition) is 0. The Hall–Kier alpha value is -2.62. The molecule has 0 heterocycles. The van der Waals surface area contributed by atoms with E-state index in [2.05, 4.69) is 4.99 Å². The normalized spacial score (nSPS) is 10.8. The molecule has 3 nitrogen and oxygen atoms in total. The fourth-order valence-corrected chi connectivity index (χ4v) is 2.43. The van der Waals surface area contributed by atoms with Gasteiger partial charge in [-0.15, -0.1) is 0 Å². The SMILES string of the molecule is O=C(Oc1ccc(C=Nc2ccc(Cl)cc2)cc1)c1ccccc1Cl. The standard InChI is InChI=1S/C20H13Cl2NO2/c21-15-7-9-16(10-8-15)23-13-14-5-11-17(12-6-14)25-20(24)18-3-1-2-4-19(18)22/h1-13H. The summed E-state index contributed by atoms with van der Waals surface area (Å²) in [7, 11) is 0. The third-order valence-corrected chi connectivity index (χ3v) is 3.96. The predicted molar refractivity (Wildman–Crippen MR) is 102 cm³/mol. The van der Waals surface area contributed by atoms with Gasteiger partial charge >= 0.3 is 5.97 Å². The minimum Gasteiger partial charge on any atom is -0.423 e. The number of nitrogens with zero attached hydrogens (tertiary/aromatic N) is 1. The van der Waals surface area contributed by atoms with Crippen molar-refractivity contribution in [2.24, 2.45) is 4.99 Å². The Balaban J connectivity index is 1.67. The molecule has 0 aliphatic heterocycles. The zero-order chi connectivity index (χ0) is 17.6. The lowest BCUT2D eigenvalue weighted by Crippen LogP contribution is -2.08. The van der Waals surface area contributed by atoms with Gasteiger partial charge in [0.2, 0.25) is 0 Å². The van der Waals surface area contributed by atoms with E-state index in [1.807, 2.05) is 24.3 Å².